The van der Waals surface area contributed by atoms with Crippen LogP contribution in [0.25, 0.3) is 11.0 Å². The molecule has 1 saturated heterocycles. The summed E-state index contributed by atoms with van der Waals surface area (Å²) in [6.45, 7) is 6.10. The smallest absolute Gasteiger partial charge is 0.227 e. The molecule has 0 bridgehead atoms. The number of aryl methyl sites for hydroxylation is 1. The van der Waals surface area contributed by atoms with E-state index in [1.54, 1.807) is 0 Å². The minimum Gasteiger partial charge on any atom is -0.494 e. The van der Waals surface area contributed by atoms with E-state index in [0.29, 0.717) is 19.6 Å². The van der Waals surface area contributed by atoms with Crippen LogP contribution in [-0.2, 0) is 11.3 Å². The summed E-state index contributed by atoms with van der Waals surface area (Å²) in [4.78, 5) is 19.8. The van der Waals surface area contributed by atoms with Crippen LogP contribution in [0.3, 0.4) is 0 Å². The lowest BCUT2D eigenvalue weighted by molar-refractivity contribution is -0.117. The van der Waals surface area contributed by atoms with Gasteiger partial charge in [0.1, 0.15) is 11.6 Å². The van der Waals surface area contributed by atoms with Crippen molar-refractivity contribution in [3.05, 3.63) is 89.7 Å². The number of carbonyl (C=O) groups is 1. The van der Waals surface area contributed by atoms with Gasteiger partial charge >= 0.3 is 0 Å². The SMILES string of the molecule is CCOc1ccc(N2C[C@@H](c3nc4ccccc4n3Cc3ccccc3C)CC2=O)cc1. The summed E-state index contributed by atoms with van der Waals surface area (Å²) >= 11 is 0. The molecule has 32 heavy (non-hydrogen) atoms. The first-order valence-corrected chi connectivity index (χ1v) is 11.2. The third-order valence-corrected chi connectivity index (χ3v) is 6.22. The van der Waals surface area contributed by atoms with Gasteiger partial charge in [-0.15, -0.1) is 0 Å². The van der Waals surface area contributed by atoms with Gasteiger partial charge in [-0.2, -0.15) is 0 Å². The van der Waals surface area contributed by atoms with Crippen molar-refractivity contribution >= 4 is 22.6 Å². The molecular weight excluding hydrogens is 398 g/mol. The highest BCUT2D eigenvalue weighted by atomic mass is 16.5. The molecular formula is C27H27N3O2. The van der Waals surface area contributed by atoms with Gasteiger partial charge in [-0.05, 0) is 61.4 Å². The Balaban J connectivity index is 1.48. The van der Waals surface area contributed by atoms with E-state index < -0.39 is 0 Å². The summed E-state index contributed by atoms with van der Waals surface area (Å²) in [5, 5.41) is 0. The molecule has 0 N–H and O–H groups in total. The van der Waals surface area contributed by atoms with Gasteiger partial charge < -0.3 is 14.2 Å². The fraction of sp³-hybridized carbons (Fsp3) is 0.259. The van der Waals surface area contributed by atoms with Gasteiger partial charge in [0.25, 0.3) is 0 Å². The molecule has 162 valence electrons. The fourth-order valence-corrected chi connectivity index (χ4v) is 4.55. The third-order valence-electron chi connectivity index (χ3n) is 6.22. The van der Waals surface area contributed by atoms with Crippen molar-refractivity contribution in [3.8, 4) is 5.75 Å². The molecule has 0 unspecified atom stereocenters. The normalized spacial score (nSPS) is 16.1. The molecule has 1 amide bonds. The van der Waals surface area contributed by atoms with Gasteiger partial charge in [0, 0.05) is 31.1 Å². The minimum atomic E-state index is 0.0467. The molecule has 0 radical (unpaired) electrons. The van der Waals surface area contributed by atoms with Crippen molar-refractivity contribution in [1.29, 1.82) is 0 Å². The van der Waals surface area contributed by atoms with Crippen molar-refractivity contribution < 1.29 is 9.53 Å². The maximum absolute atomic E-state index is 13.0. The molecule has 1 aliphatic heterocycles. The number of fused-ring (bicyclic) bond motifs is 1. The molecule has 1 aromatic heterocycles. The zero-order valence-corrected chi connectivity index (χ0v) is 18.5. The number of amides is 1. The predicted octanol–water partition coefficient (Wildman–Crippen LogP) is 5.31. The van der Waals surface area contributed by atoms with Gasteiger partial charge in [-0.1, -0.05) is 36.4 Å². The van der Waals surface area contributed by atoms with Crippen molar-refractivity contribution in [2.45, 2.75) is 32.7 Å². The second kappa shape index (κ2) is 8.50. The predicted molar refractivity (Wildman–Crippen MR) is 127 cm³/mol. The minimum absolute atomic E-state index is 0.0467. The molecule has 2 heterocycles. The van der Waals surface area contributed by atoms with E-state index in [9.17, 15) is 4.79 Å². The first-order chi connectivity index (χ1) is 15.6. The van der Waals surface area contributed by atoms with Crippen LogP contribution >= 0.6 is 0 Å². The monoisotopic (exact) mass is 425 g/mol. The highest BCUT2D eigenvalue weighted by Gasteiger charge is 2.35. The lowest BCUT2D eigenvalue weighted by Crippen LogP contribution is -2.24. The Morgan fingerprint density at radius 3 is 2.53 bits per heavy atom. The number of carbonyl (C=O) groups excluding carboxylic acids is 1. The molecule has 5 heteroatoms. The molecule has 0 saturated carbocycles. The van der Waals surface area contributed by atoms with E-state index in [0.717, 1.165) is 34.8 Å². The van der Waals surface area contributed by atoms with Gasteiger partial charge in [-0.25, -0.2) is 4.98 Å². The zero-order valence-electron chi connectivity index (χ0n) is 18.5. The number of anilines is 1. The quantitative estimate of drug-likeness (QED) is 0.420. The maximum atomic E-state index is 13.0. The Hall–Kier alpha value is -3.60. The van der Waals surface area contributed by atoms with Gasteiger partial charge in [0.15, 0.2) is 0 Å². The highest BCUT2D eigenvalue weighted by molar-refractivity contribution is 5.96. The van der Waals surface area contributed by atoms with Gasteiger partial charge in [0.05, 0.1) is 17.6 Å². The van der Waals surface area contributed by atoms with E-state index in [1.807, 2.05) is 54.3 Å². The van der Waals surface area contributed by atoms with Gasteiger partial charge in [-0.3, -0.25) is 4.79 Å². The first kappa shape index (κ1) is 20.3. The number of rotatable bonds is 6. The molecule has 4 aromatic rings. The number of hydrogen-bond donors (Lipinski definition) is 0. The zero-order chi connectivity index (χ0) is 22.1. The Kier molecular flexibility index (Phi) is 5.39. The molecule has 1 aliphatic rings. The largest absolute Gasteiger partial charge is 0.494 e. The van der Waals surface area contributed by atoms with Crippen LogP contribution in [0.15, 0.2) is 72.8 Å². The molecule has 5 rings (SSSR count). The topological polar surface area (TPSA) is 47.4 Å². The van der Waals surface area contributed by atoms with Crippen LogP contribution in [0, 0.1) is 6.92 Å². The summed E-state index contributed by atoms with van der Waals surface area (Å²) in [6.07, 6.45) is 0.463. The van der Waals surface area contributed by atoms with E-state index in [4.69, 9.17) is 9.72 Å². The summed E-state index contributed by atoms with van der Waals surface area (Å²) < 4.78 is 7.83. The number of nitrogens with zero attached hydrogens (tertiary/aromatic N) is 3. The van der Waals surface area contributed by atoms with Crippen LogP contribution in [0.2, 0.25) is 0 Å². The first-order valence-electron chi connectivity index (χ1n) is 11.2. The average molecular weight is 426 g/mol. The number of imidazole rings is 1. The van der Waals surface area contributed by atoms with Crippen LogP contribution < -0.4 is 9.64 Å². The molecule has 1 fully saturated rings. The lowest BCUT2D eigenvalue weighted by Gasteiger charge is -2.18. The fourth-order valence-electron chi connectivity index (χ4n) is 4.55. The number of hydrogen-bond acceptors (Lipinski definition) is 3. The Morgan fingerprint density at radius 2 is 1.75 bits per heavy atom. The second-order valence-electron chi connectivity index (χ2n) is 8.30. The molecule has 0 aliphatic carbocycles. The average Bonchev–Trinajstić information content (AvgIpc) is 3.37. The third kappa shape index (κ3) is 3.75. The van der Waals surface area contributed by atoms with E-state index in [-0.39, 0.29) is 11.8 Å². The van der Waals surface area contributed by atoms with Gasteiger partial charge in [0.2, 0.25) is 5.91 Å². The number of aromatic nitrogens is 2. The van der Waals surface area contributed by atoms with Crippen molar-refractivity contribution in [2.75, 3.05) is 18.1 Å². The summed E-state index contributed by atoms with van der Waals surface area (Å²) in [6, 6.07) is 24.4. The van der Waals surface area contributed by atoms with E-state index in [2.05, 4.69) is 41.8 Å². The summed E-state index contributed by atoms with van der Waals surface area (Å²) in [7, 11) is 0. The second-order valence-corrected chi connectivity index (χ2v) is 8.30. The number of benzene rings is 3. The molecule has 1 atom stereocenters. The standard InChI is InChI=1S/C27H27N3O2/c1-3-32-23-14-12-22(13-15-23)29-18-21(16-26(29)31)27-28-24-10-6-7-11-25(24)30(27)17-20-9-5-4-8-19(20)2/h4-15,21H,3,16-18H2,1-2H3/t21-/m0/s1. The maximum Gasteiger partial charge on any atom is 0.227 e. The molecule has 0 spiro atoms. The summed E-state index contributed by atoms with van der Waals surface area (Å²) in [5.41, 5.74) is 5.52. The molecule has 3 aromatic carbocycles. The van der Waals surface area contributed by atoms with Crippen LogP contribution in [-0.4, -0.2) is 28.6 Å². The van der Waals surface area contributed by atoms with E-state index >= 15 is 0 Å². The summed E-state index contributed by atoms with van der Waals surface area (Å²) in [5.74, 6) is 1.98. The highest BCUT2D eigenvalue weighted by Crippen LogP contribution is 2.34. The Labute approximate surface area is 188 Å². The Morgan fingerprint density at radius 1 is 1.00 bits per heavy atom. The van der Waals surface area contributed by atoms with Crippen molar-refractivity contribution in [1.82, 2.24) is 9.55 Å². The number of ether oxygens (including phenoxy) is 1. The van der Waals surface area contributed by atoms with Crippen molar-refractivity contribution in [3.63, 3.8) is 0 Å². The van der Waals surface area contributed by atoms with Crippen LogP contribution in [0.1, 0.15) is 36.2 Å². The molecule has 5 nitrogen and oxygen atoms in total. The van der Waals surface area contributed by atoms with E-state index in [1.165, 1.54) is 11.1 Å². The van der Waals surface area contributed by atoms with Crippen LogP contribution in [0.5, 0.6) is 5.75 Å². The number of para-hydroxylation sites is 2. The lowest BCUT2D eigenvalue weighted by atomic mass is 10.1. The van der Waals surface area contributed by atoms with Crippen molar-refractivity contribution in [2.24, 2.45) is 0 Å². The Bertz CT molecular complexity index is 1260. The van der Waals surface area contributed by atoms with Crippen LogP contribution in [0.4, 0.5) is 5.69 Å².